The molecule has 140 valence electrons. The highest BCUT2D eigenvalue weighted by molar-refractivity contribution is 5.98. The van der Waals surface area contributed by atoms with Crippen LogP contribution in [0.1, 0.15) is 12.7 Å². The predicted octanol–water partition coefficient (Wildman–Crippen LogP) is 1.49. The van der Waals surface area contributed by atoms with Crippen molar-refractivity contribution >= 4 is 23.4 Å². The second kappa shape index (κ2) is 7.14. The second-order valence-corrected chi connectivity index (χ2v) is 6.36. The lowest BCUT2D eigenvalue weighted by Crippen LogP contribution is -2.54. The largest absolute Gasteiger partial charge is 0.459 e. The third-order valence-corrected chi connectivity index (χ3v) is 4.62. The van der Waals surface area contributed by atoms with Gasteiger partial charge in [0, 0.05) is 38.8 Å². The number of rotatable bonds is 3. The Balaban J connectivity index is 1.43. The molecular formula is C19H20N4O4. The standard InChI is InChI=1S/C19H20N4O4/c1-14(24)23-19(27-17(20-23)16-8-5-13-26-16)18(25)22-11-9-21(10-12-22)15-6-3-2-4-7-15/h2-8,13,19H,9-12H2,1H3. The highest BCUT2D eigenvalue weighted by Crippen LogP contribution is 2.21. The van der Waals surface area contributed by atoms with E-state index in [1.807, 2.05) is 18.2 Å². The molecule has 0 spiro atoms. The summed E-state index contributed by atoms with van der Waals surface area (Å²) >= 11 is 0. The maximum atomic E-state index is 13.0. The molecule has 1 aromatic carbocycles. The van der Waals surface area contributed by atoms with Crippen molar-refractivity contribution in [2.24, 2.45) is 5.10 Å². The first-order valence-corrected chi connectivity index (χ1v) is 8.81. The minimum Gasteiger partial charge on any atom is -0.459 e. The number of amides is 2. The topological polar surface area (TPSA) is 78.6 Å². The van der Waals surface area contributed by atoms with E-state index in [-0.39, 0.29) is 17.7 Å². The Morgan fingerprint density at radius 2 is 1.78 bits per heavy atom. The molecule has 0 saturated carbocycles. The maximum absolute atomic E-state index is 13.0. The summed E-state index contributed by atoms with van der Waals surface area (Å²) in [6.45, 7) is 3.89. The number of hydrogen-bond acceptors (Lipinski definition) is 6. The quantitative estimate of drug-likeness (QED) is 0.820. The Morgan fingerprint density at radius 1 is 1.04 bits per heavy atom. The van der Waals surface area contributed by atoms with Gasteiger partial charge in [-0.3, -0.25) is 9.59 Å². The van der Waals surface area contributed by atoms with Gasteiger partial charge >= 0.3 is 0 Å². The van der Waals surface area contributed by atoms with E-state index in [0.717, 1.165) is 10.7 Å². The number of benzene rings is 1. The zero-order valence-corrected chi connectivity index (χ0v) is 14.9. The lowest BCUT2D eigenvalue weighted by atomic mass is 10.2. The van der Waals surface area contributed by atoms with Crippen molar-refractivity contribution in [3.63, 3.8) is 0 Å². The van der Waals surface area contributed by atoms with Gasteiger partial charge in [0.1, 0.15) is 0 Å². The van der Waals surface area contributed by atoms with Crippen LogP contribution in [0.3, 0.4) is 0 Å². The zero-order valence-electron chi connectivity index (χ0n) is 14.9. The predicted molar refractivity (Wildman–Crippen MR) is 97.9 cm³/mol. The van der Waals surface area contributed by atoms with Gasteiger partial charge < -0.3 is 19.0 Å². The van der Waals surface area contributed by atoms with Gasteiger partial charge in [0.15, 0.2) is 5.76 Å². The first kappa shape index (κ1) is 17.1. The summed E-state index contributed by atoms with van der Waals surface area (Å²) in [7, 11) is 0. The molecule has 1 unspecified atom stereocenters. The van der Waals surface area contributed by atoms with Crippen LogP contribution in [-0.2, 0) is 14.3 Å². The van der Waals surface area contributed by atoms with Crippen LogP contribution in [0, 0.1) is 0 Å². The highest BCUT2D eigenvalue weighted by atomic mass is 16.6. The van der Waals surface area contributed by atoms with E-state index in [4.69, 9.17) is 9.15 Å². The summed E-state index contributed by atoms with van der Waals surface area (Å²) in [6.07, 6.45) is 0.392. The molecule has 8 heteroatoms. The fourth-order valence-electron chi connectivity index (χ4n) is 3.21. The number of nitrogens with zero attached hydrogens (tertiary/aromatic N) is 4. The Bertz CT molecular complexity index is 842. The molecule has 2 aliphatic heterocycles. The van der Waals surface area contributed by atoms with E-state index >= 15 is 0 Å². The van der Waals surface area contributed by atoms with Crippen molar-refractivity contribution in [3.8, 4) is 0 Å². The van der Waals surface area contributed by atoms with E-state index < -0.39 is 6.23 Å². The fraction of sp³-hybridized carbons (Fsp3) is 0.316. The average Bonchev–Trinajstić information content (AvgIpc) is 3.38. The molecule has 1 fully saturated rings. The number of carbonyl (C=O) groups excluding carboxylic acids is 2. The van der Waals surface area contributed by atoms with Gasteiger partial charge in [-0.15, -0.1) is 5.10 Å². The molecular weight excluding hydrogens is 348 g/mol. The summed E-state index contributed by atoms with van der Waals surface area (Å²) in [5.41, 5.74) is 1.13. The van der Waals surface area contributed by atoms with Crippen LogP contribution in [0.25, 0.3) is 0 Å². The van der Waals surface area contributed by atoms with Gasteiger partial charge in [-0.05, 0) is 24.3 Å². The number of para-hydroxylation sites is 1. The van der Waals surface area contributed by atoms with Crippen molar-refractivity contribution in [1.82, 2.24) is 9.91 Å². The van der Waals surface area contributed by atoms with Gasteiger partial charge in [-0.25, -0.2) is 0 Å². The van der Waals surface area contributed by atoms with Crippen molar-refractivity contribution in [1.29, 1.82) is 0 Å². The van der Waals surface area contributed by atoms with Gasteiger partial charge in [-0.1, -0.05) is 18.2 Å². The molecule has 2 aromatic rings. The number of hydrazone groups is 1. The highest BCUT2D eigenvalue weighted by Gasteiger charge is 2.41. The van der Waals surface area contributed by atoms with E-state index in [1.165, 1.54) is 13.2 Å². The fourth-order valence-corrected chi connectivity index (χ4v) is 3.21. The van der Waals surface area contributed by atoms with Gasteiger partial charge in [0.2, 0.25) is 5.91 Å². The van der Waals surface area contributed by atoms with Crippen LogP contribution in [0.5, 0.6) is 0 Å². The van der Waals surface area contributed by atoms with Gasteiger partial charge in [-0.2, -0.15) is 5.01 Å². The van der Waals surface area contributed by atoms with Crippen LogP contribution < -0.4 is 4.90 Å². The molecule has 3 heterocycles. The molecule has 1 saturated heterocycles. The Labute approximate surface area is 156 Å². The number of furan rings is 1. The summed E-state index contributed by atoms with van der Waals surface area (Å²) in [6, 6.07) is 13.4. The Morgan fingerprint density at radius 3 is 2.41 bits per heavy atom. The third-order valence-electron chi connectivity index (χ3n) is 4.62. The summed E-state index contributed by atoms with van der Waals surface area (Å²) in [5.74, 6) is -0.122. The first-order chi connectivity index (χ1) is 13.1. The molecule has 8 nitrogen and oxygen atoms in total. The zero-order chi connectivity index (χ0) is 18.8. The summed E-state index contributed by atoms with van der Waals surface area (Å²) in [4.78, 5) is 28.8. The summed E-state index contributed by atoms with van der Waals surface area (Å²) < 4.78 is 10.9. The van der Waals surface area contributed by atoms with Crippen molar-refractivity contribution in [2.75, 3.05) is 31.1 Å². The first-order valence-electron chi connectivity index (χ1n) is 8.81. The van der Waals surface area contributed by atoms with Crippen LogP contribution in [0.4, 0.5) is 5.69 Å². The number of piperazine rings is 1. The molecule has 27 heavy (non-hydrogen) atoms. The maximum Gasteiger partial charge on any atom is 0.287 e. The van der Waals surface area contributed by atoms with Crippen molar-refractivity contribution in [2.45, 2.75) is 13.2 Å². The minimum atomic E-state index is -1.09. The normalized spacial score (nSPS) is 19.7. The number of anilines is 1. The van der Waals surface area contributed by atoms with Crippen LogP contribution in [0.15, 0.2) is 58.2 Å². The van der Waals surface area contributed by atoms with E-state index in [2.05, 4.69) is 22.1 Å². The van der Waals surface area contributed by atoms with Crippen LogP contribution in [-0.4, -0.2) is 60.0 Å². The molecule has 4 rings (SSSR count). The van der Waals surface area contributed by atoms with E-state index in [1.54, 1.807) is 17.0 Å². The van der Waals surface area contributed by atoms with Gasteiger partial charge in [0.25, 0.3) is 18.0 Å². The number of hydrogen-bond donors (Lipinski definition) is 0. The smallest absolute Gasteiger partial charge is 0.287 e. The van der Waals surface area contributed by atoms with Gasteiger partial charge in [0.05, 0.1) is 6.26 Å². The van der Waals surface area contributed by atoms with Crippen LogP contribution in [0.2, 0.25) is 0 Å². The molecule has 0 aliphatic carbocycles. The molecule has 1 aromatic heterocycles. The number of ether oxygens (including phenoxy) is 1. The van der Waals surface area contributed by atoms with Crippen LogP contribution >= 0.6 is 0 Å². The molecule has 0 bridgehead atoms. The SMILES string of the molecule is CC(=O)N1N=C(c2ccco2)OC1C(=O)N1CCN(c2ccccc2)CC1. The number of carbonyl (C=O) groups is 2. The van der Waals surface area contributed by atoms with Crippen molar-refractivity contribution in [3.05, 3.63) is 54.5 Å². The Hall–Kier alpha value is -3.29. The molecule has 2 aliphatic rings. The lowest BCUT2D eigenvalue weighted by molar-refractivity contribution is -0.154. The van der Waals surface area contributed by atoms with E-state index in [0.29, 0.717) is 31.9 Å². The van der Waals surface area contributed by atoms with E-state index in [9.17, 15) is 9.59 Å². The average molecular weight is 368 g/mol. The molecule has 0 N–H and O–H groups in total. The molecule has 0 radical (unpaired) electrons. The molecule has 2 amide bonds. The van der Waals surface area contributed by atoms with Crippen molar-refractivity contribution < 1.29 is 18.7 Å². The Kier molecular flexibility index (Phi) is 4.53. The monoisotopic (exact) mass is 368 g/mol. The molecule has 1 atom stereocenters. The lowest BCUT2D eigenvalue weighted by Gasteiger charge is -2.37. The second-order valence-electron chi connectivity index (χ2n) is 6.36. The summed E-state index contributed by atoms with van der Waals surface area (Å²) in [5, 5.41) is 5.19. The minimum absolute atomic E-state index is 0.136. The third kappa shape index (κ3) is 3.38.